The number of benzene rings is 3. The zero-order valence-corrected chi connectivity index (χ0v) is 16.9. The fourth-order valence-corrected chi connectivity index (χ4v) is 3.51. The highest BCUT2D eigenvalue weighted by molar-refractivity contribution is 6.07. The van der Waals surface area contributed by atoms with Gasteiger partial charge in [0.25, 0.3) is 11.5 Å². The summed E-state index contributed by atoms with van der Waals surface area (Å²) in [4.78, 5) is 30.8. The van der Waals surface area contributed by atoms with Gasteiger partial charge in [-0.2, -0.15) is 0 Å². The van der Waals surface area contributed by atoms with E-state index in [-0.39, 0.29) is 18.0 Å². The van der Waals surface area contributed by atoms with Crippen LogP contribution in [-0.2, 0) is 6.54 Å². The number of rotatable bonds is 5. The Labute approximate surface area is 174 Å². The Bertz CT molecular complexity index is 1260. The van der Waals surface area contributed by atoms with E-state index < -0.39 is 0 Å². The van der Waals surface area contributed by atoms with E-state index >= 15 is 0 Å². The Balaban J connectivity index is 1.80. The van der Waals surface area contributed by atoms with E-state index in [2.05, 4.69) is 4.98 Å². The zero-order chi connectivity index (χ0) is 21.1. The molecule has 1 heterocycles. The summed E-state index contributed by atoms with van der Waals surface area (Å²) in [5.41, 5.74) is 3.33. The number of carbonyl (C=O) groups is 1. The standard InChI is InChI=1S/C25H22N2O3/c1-17-12-13-22-18(14-17)15-19(24(28)26-22)16-27(20-8-4-3-5-9-20)25(29)21-10-6-7-11-23(21)30-2/h3-15H,16H2,1-2H3,(H,26,28). The average Bonchev–Trinajstić information content (AvgIpc) is 2.78. The topological polar surface area (TPSA) is 62.4 Å². The number of nitrogens with zero attached hydrogens (tertiary/aromatic N) is 1. The first kappa shape index (κ1) is 19.5. The highest BCUT2D eigenvalue weighted by Crippen LogP contribution is 2.25. The highest BCUT2D eigenvalue weighted by Gasteiger charge is 2.22. The maximum absolute atomic E-state index is 13.5. The second-order valence-electron chi connectivity index (χ2n) is 7.14. The SMILES string of the molecule is COc1ccccc1C(=O)N(Cc1cc2cc(C)ccc2[nH]c1=O)c1ccccc1. The van der Waals surface area contributed by atoms with Crippen LogP contribution in [0.5, 0.6) is 5.75 Å². The molecule has 0 aliphatic rings. The van der Waals surface area contributed by atoms with Crippen molar-refractivity contribution in [2.75, 3.05) is 12.0 Å². The fraction of sp³-hybridized carbons (Fsp3) is 0.120. The lowest BCUT2D eigenvalue weighted by Crippen LogP contribution is -2.33. The third-order valence-electron chi connectivity index (χ3n) is 5.06. The molecule has 30 heavy (non-hydrogen) atoms. The Morgan fingerprint density at radius 2 is 1.70 bits per heavy atom. The van der Waals surface area contributed by atoms with Crippen LogP contribution in [0.1, 0.15) is 21.5 Å². The molecular formula is C25H22N2O3. The Hall–Kier alpha value is -3.86. The van der Waals surface area contributed by atoms with Crippen molar-refractivity contribution < 1.29 is 9.53 Å². The second kappa shape index (κ2) is 8.25. The number of para-hydroxylation sites is 2. The van der Waals surface area contributed by atoms with Gasteiger partial charge in [0.15, 0.2) is 0 Å². The molecule has 4 aromatic rings. The molecule has 1 aromatic heterocycles. The maximum atomic E-state index is 13.5. The number of fused-ring (bicyclic) bond motifs is 1. The Morgan fingerprint density at radius 3 is 2.47 bits per heavy atom. The number of amides is 1. The fourth-order valence-electron chi connectivity index (χ4n) is 3.51. The number of methoxy groups -OCH3 is 1. The van der Waals surface area contributed by atoms with Crippen molar-refractivity contribution >= 4 is 22.5 Å². The molecule has 0 saturated carbocycles. The summed E-state index contributed by atoms with van der Waals surface area (Å²) in [6.45, 7) is 2.14. The summed E-state index contributed by atoms with van der Waals surface area (Å²) >= 11 is 0. The van der Waals surface area contributed by atoms with Crippen LogP contribution in [0.15, 0.2) is 83.7 Å². The molecule has 0 aliphatic carbocycles. The van der Waals surface area contributed by atoms with Crippen molar-refractivity contribution in [3.63, 3.8) is 0 Å². The molecule has 0 atom stereocenters. The van der Waals surface area contributed by atoms with E-state index in [4.69, 9.17) is 4.74 Å². The van der Waals surface area contributed by atoms with Gasteiger partial charge in [-0.1, -0.05) is 42.0 Å². The number of pyridine rings is 1. The molecule has 0 unspecified atom stereocenters. The number of aromatic nitrogens is 1. The second-order valence-corrected chi connectivity index (χ2v) is 7.14. The molecule has 0 fully saturated rings. The normalized spacial score (nSPS) is 10.7. The summed E-state index contributed by atoms with van der Waals surface area (Å²) < 4.78 is 5.38. The molecular weight excluding hydrogens is 376 g/mol. The monoisotopic (exact) mass is 398 g/mol. The van der Waals surface area contributed by atoms with Crippen molar-refractivity contribution in [3.8, 4) is 5.75 Å². The van der Waals surface area contributed by atoms with E-state index in [1.807, 2.05) is 67.6 Å². The number of aryl methyl sites for hydroxylation is 1. The van der Waals surface area contributed by atoms with Gasteiger partial charge in [-0.25, -0.2) is 0 Å². The van der Waals surface area contributed by atoms with Crippen molar-refractivity contribution in [1.29, 1.82) is 0 Å². The van der Waals surface area contributed by atoms with Gasteiger partial charge in [-0.05, 0) is 54.8 Å². The van der Waals surface area contributed by atoms with Gasteiger partial charge in [-0.15, -0.1) is 0 Å². The predicted molar refractivity (Wildman–Crippen MR) is 119 cm³/mol. The molecule has 4 rings (SSSR count). The third kappa shape index (κ3) is 3.82. The van der Waals surface area contributed by atoms with Gasteiger partial charge in [-0.3, -0.25) is 9.59 Å². The van der Waals surface area contributed by atoms with E-state index in [0.29, 0.717) is 22.6 Å². The van der Waals surface area contributed by atoms with Crippen molar-refractivity contribution in [3.05, 3.63) is 106 Å². The van der Waals surface area contributed by atoms with Gasteiger partial charge in [0.2, 0.25) is 0 Å². The largest absolute Gasteiger partial charge is 0.496 e. The van der Waals surface area contributed by atoms with Crippen LogP contribution in [0, 0.1) is 6.92 Å². The first-order chi connectivity index (χ1) is 14.6. The first-order valence-corrected chi connectivity index (χ1v) is 9.69. The molecule has 0 aliphatic heterocycles. The van der Waals surface area contributed by atoms with E-state index in [1.54, 1.807) is 23.1 Å². The minimum atomic E-state index is -0.234. The Kier molecular flexibility index (Phi) is 5.35. The lowest BCUT2D eigenvalue weighted by atomic mass is 10.1. The van der Waals surface area contributed by atoms with Crippen molar-refractivity contribution in [2.45, 2.75) is 13.5 Å². The van der Waals surface area contributed by atoms with Gasteiger partial charge in [0, 0.05) is 16.8 Å². The highest BCUT2D eigenvalue weighted by atomic mass is 16.5. The molecule has 0 saturated heterocycles. The van der Waals surface area contributed by atoms with Crippen LogP contribution in [0.4, 0.5) is 5.69 Å². The predicted octanol–water partition coefficient (Wildman–Crippen LogP) is 4.69. The number of hydrogen-bond acceptors (Lipinski definition) is 3. The minimum Gasteiger partial charge on any atom is -0.496 e. The van der Waals surface area contributed by atoms with Crippen molar-refractivity contribution in [2.24, 2.45) is 0 Å². The third-order valence-corrected chi connectivity index (χ3v) is 5.06. The summed E-state index contributed by atoms with van der Waals surface area (Å²) in [6, 6.07) is 24.1. The average molecular weight is 398 g/mol. The van der Waals surface area contributed by atoms with Crippen molar-refractivity contribution in [1.82, 2.24) is 4.98 Å². The van der Waals surface area contributed by atoms with Gasteiger partial charge < -0.3 is 14.6 Å². The minimum absolute atomic E-state index is 0.139. The molecule has 1 N–H and O–H groups in total. The number of hydrogen-bond donors (Lipinski definition) is 1. The molecule has 150 valence electrons. The number of aromatic amines is 1. The van der Waals surface area contributed by atoms with Crippen LogP contribution < -0.4 is 15.2 Å². The van der Waals surface area contributed by atoms with E-state index in [0.717, 1.165) is 16.5 Å². The number of nitrogens with one attached hydrogen (secondary N) is 1. The lowest BCUT2D eigenvalue weighted by Gasteiger charge is -2.24. The smallest absolute Gasteiger partial charge is 0.262 e. The van der Waals surface area contributed by atoms with Gasteiger partial charge >= 0.3 is 0 Å². The van der Waals surface area contributed by atoms with Crippen LogP contribution >= 0.6 is 0 Å². The van der Waals surface area contributed by atoms with E-state index in [1.165, 1.54) is 7.11 Å². The number of carbonyl (C=O) groups excluding carboxylic acids is 1. The molecule has 3 aromatic carbocycles. The molecule has 0 spiro atoms. The lowest BCUT2D eigenvalue weighted by molar-refractivity contribution is 0.0982. The quantitative estimate of drug-likeness (QED) is 0.530. The van der Waals surface area contributed by atoms with Crippen LogP contribution in [0.3, 0.4) is 0 Å². The summed E-state index contributed by atoms with van der Waals surface area (Å²) in [5, 5.41) is 0.933. The van der Waals surface area contributed by atoms with E-state index in [9.17, 15) is 9.59 Å². The number of H-pyrrole nitrogens is 1. The molecule has 5 heteroatoms. The number of anilines is 1. The van der Waals surface area contributed by atoms with Gasteiger partial charge in [0.1, 0.15) is 5.75 Å². The summed E-state index contributed by atoms with van der Waals surface area (Å²) in [7, 11) is 1.54. The zero-order valence-electron chi connectivity index (χ0n) is 16.9. The first-order valence-electron chi connectivity index (χ1n) is 9.69. The maximum Gasteiger partial charge on any atom is 0.262 e. The Morgan fingerprint density at radius 1 is 0.967 bits per heavy atom. The number of ether oxygens (including phenoxy) is 1. The van der Waals surface area contributed by atoms with Crippen LogP contribution in [0.25, 0.3) is 10.9 Å². The van der Waals surface area contributed by atoms with Gasteiger partial charge in [0.05, 0.1) is 19.2 Å². The van der Waals surface area contributed by atoms with Crippen LogP contribution in [-0.4, -0.2) is 18.0 Å². The summed E-state index contributed by atoms with van der Waals surface area (Å²) in [6.07, 6.45) is 0. The molecule has 5 nitrogen and oxygen atoms in total. The molecule has 0 bridgehead atoms. The van der Waals surface area contributed by atoms with Crippen LogP contribution in [0.2, 0.25) is 0 Å². The molecule has 0 radical (unpaired) electrons. The summed E-state index contributed by atoms with van der Waals surface area (Å²) in [5.74, 6) is 0.258. The molecule has 1 amide bonds.